The van der Waals surface area contributed by atoms with Gasteiger partial charge in [0.2, 0.25) is 0 Å². The van der Waals surface area contributed by atoms with E-state index < -0.39 is 11.9 Å². The molecule has 0 fully saturated rings. The van der Waals surface area contributed by atoms with Crippen LogP contribution in [0.3, 0.4) is 0 Å². The number of unbranched alkanes of at least 4 members (excludes halogenated alkanes) is 2. The van der Waals surface area contributed by atoms with Crippen LogP contribution >= 0.6 is 0 Å². The van der Waals surface area contributed by atoms with Crippen molar-refractivity contribution in [1.29, 1.82) is 0 Å². The van der Waals surface area contributed by atoms with E-state index in [-0.39, 0.29) is 12.4 Å². The lowest BCUT2D eigenvalue weighted by Crippen LogP contribution is -2.32. The van der Waals surface area contributed by atoms with E-state index in [9.17, 15) is 9.50 Å². The average Bonchev–Trinajstić information content (AvgIpc) is 2.37. The number of aliphatic hydroxyl groups is 1. The third-order valence-electron chi connectivity index (χ3n) is 2.60. The summed E-state index contributed by atoms with van der Waals surface area (Å²) in [6.07, 6.45) is 2.86. The molecule has 0 bridgehead atoms. The molecule has 0 aliphatic heterocycles. The van der Waals surface area contributed by atoms with Gasteiger partial charge in [0.15, 0.2) is 11.6 Å². The van der Waals surface area contributed by atoms with Gasteiger partial charge in [0.05, 0.1) is 0 Å². The molecule has 0 heterocycles. The third kappa shape index (κ3) is 5.98. The Morgan fingerprint density at radius 3 is 2.83 bits per heavy atom. The molecular weight excluding hydrogens is 233 g/mol. The fourth-order valence-corrected chi connectivity index (χ4v) is 1.58. The van der Waals surface area contributed by atoms with Gasteiger partial charge >= 0.3 is 0 Å². The molecule has 0 saturated carbocycles. The van der Waals surface area contributed by atoms with Crippen molar-refractivity contribution >= 4 is 0 Å². The molecule has 0 radical (unpaired) electrons. The van der Waals surface area contributed by atoms with Crippen molar-refractivity contribution in [3.8, 4) is 5.75 Å². The summed E-state index contributed by atoms with van der Waals surface area (Å²) in [7, 11) is 0. The molecule has 3 nitrogen and oxygen atoms in total. The van der Waals surface area contributed by atoms with Gasteiger partial charge in [-0.15, -0.1) is 0 Å². The number of hydrogen-bond acceptors (Lipinski definition) is 3. The van der Waals surface area contributed by atoms with Gasteiger partial charge in [-0.3, -0.25) is 0 Å². The molecule has 0 aliphatic carbocycles. The lowest BCUT2D eigenvalue weighted by Gasteiger charge is -2.13. The van der Waals surface area contributed by atoms with E-state index in [2.05, 4.69) is 12.2 Å². The summed E-state index contributed by atoms with van der Waals surface area (Å²) in [6.45, 7) is 3.61. The number of benzene rings is 1. The molecule has 102 valence electrons. The molecule has 0 amide bonds. The van der Waals surface area contributed by atoms with Crippen molar-refractivity contribution in [1.82, 2.24) is 5.32 Å². The molecular formula is C14H22FNO2. The second-order valence-electron chi connectivity index (χ2n) is 4.31. The largest absolute Gasteiger partial charge is 0.488 e. The first-order chi connectivity index (χ1) is 8.74. The average molecular weight is 255 g/mol. The molecule has 0 spiro atoms. The minimum atomic E-state index is -0.619. The van der Waals surface area contributed by atoms with E-state index in [0.717, 1.165) is 13.0 Å². The Balaban J connectivity index is 2.13. The molecule has 0 saturated heterocycles. The molecule has 1 rings (SSSR count). The minimum Gasteiger partial charge on any atom is -0.488 e. The number of hydrogen-bond donors (Lipinski definition) is 2. The fourth-order valence-electron chi connectivity index (χ4n) is 1.58. The van der Waals surface area contributed by atoms with Crippen LogP contribution in [-0.4, -0.2) is 30.9 Å². The van der Waals surface area contributed by atoms with Crippen LogP contribution < -0.4 is 10.1 Å². The van der Waals surface area contributed by atoms with Crippen LogP contribution in [0.2, 0.25) is 0 Å². The number of ether oxygens (including phenoxy) is 1. The second kappa shape index (κ2) is 8.89. The van der Waals surface area contributed by atoms with E-state index >= 15 is 0 Å². The summed E-state index contributed by atoms with van der Waals surface area (Å²) in [5.74, 6) is -0.219. The first kappa shape index (κ1) is 14.9. The highest BCUT2D eigenvalue weighted by Crippen LogP contribution is 2.15. The summed E-state index contributed by atoms with van der Waals surface area (Å²) < 4.78 is 18.4. The van der Waals surface area contributed by atoms with Crippen LogP contribution in [-0.2, 0) is 0 Å². The highest BCUT2D eigenvalue weighted by Gasteiger charge is 2.07. The normalized spacial score (nSPS) is 12.4. The molecule has 1 aromatic carbocycles. The number of aliphatic hydroxyl groups excluding tert-OH is 1. The quantitative estimate of drug-likeness (QED) is 0.666. The topological polar surface area (TPSA) is 41.5 Å². The van der Waals surface area contributed by atoms with E-state index in [1.807, 2.05) is 0 Å². The highest BCUT2D eigenvalue weighted by atomic mass is 19.1. The van der Waals surface area contributed by atoms with Gasteiger partial charge in [0, 0.05) is 6.54 Å². The van der Waals surface area contributed by atoms with Crippen molar-refractivity contribution < 1.29 is 14.2 Å². The van der Waals surface area contributed by atoms with Gasteiger partial charge in [-0.1, -0.05) is 31.9 Å². The maximum Gasteiger partial charge on any atom is 0.165 e. The molecule has 0 aliphatic rings. The van der Waals surface area contributed by atoms with Crippen LogP contribution in [0.1, 0.15) is 26.2 Å². The van der Waals surface area contributed by atoms with Gasteiger partial charge < -0.3 is 15.2 Å². The van der Waals surface area contributed by atoms with E-state index in [4.69, 9.17) is 4.74 Å². The maximum absolute atomic E-state index is 13.2. The molecule has 0 aromatic heterocycles. The zero-order valence-electron chi connectivity index (χ0n) is 10.9. The lowest BCUT2D eigenvalue weighted by molar-refractivity contribution is 0.104. The third-order valence-corrected chi connectivity index (χ3v) is 2.60. The van der Waals surface area contributed by atoms with Gasteiger partial charge in [0.1, 0.15) is 12.7 Å². The standard InChI is InChI=1S/C14H22FNO2/c1-2-3-6-9-16-10-12(17)11-18-14-8-5-4-7-13(14)15/h4-5,7-8,12,16-17H,2-3,6,9-11H2,1H3. The summed E-state index contributed by atoms with van der Waals surface area (Å²) in [4.78, 5) is 0. The Morgan fingerprint density at radius 2 is 2.11 bits per heavy atom. The molecule has 18 heavy (non-hydrogen) atoms. The lowest BCUT2D eigenvalue weighted by atomic mass is 10.2. The van der Waals surface area contributed by atoms with E-state index in [0.29, 0.717) is 6.54 Å². The molecule has 1 unspecified atom stereocenters. The van der Waals surface area contributed by atoms with E-state index in [1.54, 1.807) is 18.2 Å². The van der Waals surface area contributed by atoms with Crippen molar-refractivity contribution in [2.24, 2.45) is 0 Å². The zero-order chi connectivity index (χ0) is 13.2. The molecule has 1 aromatic rings. The Bertz CT molecular complexity index is 333. The zero-order valence-corrected chi connectivity index (χ0v) is 10.9. The van der Waals surface area contributed by atoms with Gasteiger partial charge in [-0.25, -0.2) is 4.39 Å². The molecule has 2 N–H and O–H groups in total. The van der Waals surface area contributed by atoms with Crippen LogP contribution in [0, 0.1) is 5.82 Å². The number of para-hydroxylation sites is 1. The van der Waals surface area contributed by atoms with Gasteiger partial charge in [-0.2, -0.15) is 0 Å². The first-order valence-electron chi connectivity index (χ1n) is 6.50. The first-order valence-corrected chi connectivity index (χ1v) is 6.50. The Morgan fingerprint density at radius 1 is 1.33 bits per heavy atom. The van der Waals surface area contributed by atoms with Crippen molar-refractivity contribution in [3.05, 3.63) is 30.1 Å². The Kier molecular flexibility index (Phi) is 7.37. The van der Waals surface area contributed by atoms with Crippen molar-refractivity contribution in [3.63, 3.8) is 0 Å². The van der Waals surface area contributed by atoms with Gasteiger partial charge in [-0.05, 0) is 25.1 Å². The van der Waals surface area contributed by atoms with E-state index in [1.165, 1.54) is 18.9 Å². The summed E-state index contributed by atoms with van der Waals surface area (Å²) in [5.41, 5.74) is 0. The minimum absolute atomic E-state index is 0.0989. The summed E-state index contributed by atoms with van der Waals surface area (Å²) in [6, 6.07) is 6.20. The molecule has 4 heteroatoms. The second-order valence-corrected chi connectivity index (χ2v) is 4.31. The van der Waals surface area contributed by atoms with Crippen LogP contribution in [0.15, 0.2) is 24.3 Å². The van der Waals surface area contributed by atoms with Crippen LogP contribution in [0.5, 0.6) is 5.75 Å². The monoisotopic (exact) mass is 255 g/mol. The number of nitrogens with one attached hydrogen (secondary N) is 1. The number of halogens is 1. The van der Waals surface area contributed by atoms with Gasteiger partial charge in [0.25, 0.3) is 0 Å². The van der Waals surface area contributed by atoms with Crippen molar-refractivity contribution in [2.45, 2.75) is 32.3 Å². The maximum atomic E-state index is 13.2. The smallest absolute Gasteiger partial charge is 0.165 e. The van der Waals surface area contributed by atoms with Crippen LogP contribution in [0.4, 0.5) is 4.39 Å². The Hall–Kier alpha value is -1.13. The Labute approximate surface area is 108 Å². The predicted molar refractivity (Wildman–Crippen MR) is 70.3 cm³/mol. The number of rotatable bonds is 9. The highest BCUT2D eigenvalue weighted by molar-refractivity contribution is 5.23. The predicted octanol–water partition coefficient (Wildman–Crippen LogP) is 2.35. The summed E-state index contributed by atoms with van der Waals surface area (Å²) >= 11 is 0. The molecule has 1 atom stereocenters. The van der Waals surface area contributed by atoms with Crippen molar-refractivity contribution in [2.75, 3.05) is 19.7 Å². The SMILES string of the molecule is CCCCCNCC(O)COc1ccccc1F. The van der Waals surface area contributed by atoms with Crippen LogP contribution in [0.25, 0.3) is 0 Å². The fraction of sp³-hybridized carbons (Fsp3) is 0.571. The summed E-state index contributed by atoms with van der Waals surface area (Å²) in [5, 5.41) is 12.8.